The Bertz CT molecular complexity index is 623. The fourth-order valence-electron chi connectivity index (χ4n) is 2.50. The fourth-order valence-corrected chi connectivity index (χ4v) is 3.12. The molecule has 5 nitrogen and oxygen atoms in total. The molecule has 0 bridgehead atoms. The molecule has 1 saturated heterocycles. The molecule has 130 valence electrons. The van der Waals surface area contributed by atoms with Crippen molar-refractivity contribution >= 4 is 23.5 Å². The number of ketones is 1. The van der Waals surface area contributed by atoms with E-state index in [1.807, 2.05) is 26.3 Å². The zero-order chi connectivity index (χ0) is 17.5. The number of carbonyl (C=O) groups excluding carboxylic acids is 2. The first-order valence-corrected chi connectivity index (χ1v) is 9.28. The average Bonchev–Trinajstić information content (AvgIpc) is 2.60. The molecule has 1 fully saturated rings. The van der Waals surface area contributed by atoms with Gasteiger partial charge in [-0.25, -0.2) is 0 Å². The molecule has 0 radical (unpaired) electrons. The van der Waals surface area contributed by atoms with Gasteiger partial charge in [0.25, 0.3) is 0 Å². The highest BCUT2D eigenvalue weighted by molar-refractivity contribution is 7.98. The topological polar surface area (TPSA) is 49.9 Å². The van der Waals surface area contributed by atoms with Crippen LogP contribution in [0.15, 0.2) is 35.2 Å². The smallest absolute Gasteiger partial charge is 0.246 e. The van der Waals surface area contributed by atoms with Crippen LogP contribution in [-0.4, -0.2) is 67.6 Å². The van der Waals surface area contributed by atoms with Crippen LogP contribution in [0.25, 0.3) is 0 Å². The minimum Gasteiger partial charge on any atom is -0.494 e. The summed E-state index contributed by atoms with van der Waals surface area (Å²) in [7, 11) is 2.04. The van der Waals surface area contributed by atoms with Crippen LogP contribution < -0.4 is 4.74 Å². The Morgan fingerprint density at radius 3 is 2.54 bits per heavy atom. The SMILES string of the molecule is CCOc1ccc(C(=O)C=CC(=O)N2CCN(C)CC2)c(SC)c1. The van der Waals surface area contributed by atoms with Crippen molar-refractivity contribution in [2.75, 3.05) is 46.1 Å². The summed E-state index contributed by atoms with van der Waals surface area (Å²) in [5.74, 6) is 0.480. The minimum absolute atomic E-state index is 0.104. The molecular weight excluding hydrogens is 324 g/mol. The summed E-state index contributed by atoms with van der Waals surface area (Å²) < 4.78 is 5.46. The maximum atomic E-state index is 12.4. The van der Waals surface area contributed by atoms with Crippen LogP contribution in [0.2, 0.25) is 0 Å². The number of allylic oxidation sites excluding steroid dienone is 1. The van der Waals surface area contributed by atoms with Crippen molar-refractivity contribution < 1.29 is 14.3 Å². The molecule has 0 aromatic heterocycles. The Morgan fingerprint density at radius 2 is 1.92 bits per heavy atom. The van der Waals surface area contributed by atoms with Gasteiger partial charge in [0.2, 0.25) is 5.91 Å². The van der Waals surface area contributed by atoms with Gasteiger partial charge in [0.1, 0.15) is 5.75 Å². The van der Waals surface area contributed by atoms with Crippen molar-refractivity contribution in [1.82, 2.24) is 9.80 Å². The third kappa shape index (κ3) is 4.85. The van der Waals surface area contributed by atoms with Gasteiger partial charge in [-0.05, 0) is 44.5 Å². The van der Waals surface area contributed by atoms with E-state index in [-0.39, 0.29) is 11.7 Å². The number of nitrogens with zero attached hydrogens (tertiary/aromatic N) is 2. The number of benzene rings is 1. The second-order valence-corrected chi connectivity index (χ2v) is 6.47. The van der Waals surface area contributed by atoms with Crippen molar-refractivity contribution in [2.24, 2.45) is 0 Å². The molecule has 6 heteroatoms. The standard InChI is InChI=1S/C18H24N2O3S/c1-4-23-14-5-6-15(17(13-14)24-3)16(21)7-8-18(22)20-11-9-19(2)10-12-20/h5-8,13H,4,9-12H2,1-3H3. The third-order valence-corrected chi connectivity index (χ3v) is 4.72. The van der Waals surface area contributed by atoms with Crippen molar-refractivity contribution in [3.63, 3.8) is 0 Å². The lowest BCUT2D eigenvalue weighted by Gasteiger charge is -2.31. The number of likely N-dealkylation sites (N-methyl/N-ethyl adjacent to an activating group) is 1. The molecular formula is C18H24N2O3S. The van der Waals surface area contributed by atoms with Gasteiger partial charge < -0.3 is 14.5 Å². The fraction of sp³-hybridized carbons (Fsp3) is 0.444. The summed E-state index contributed by atoms with van der Waals surface area (Å²) in [5.41, 5.74) is 0.591. The lowest BCUT2D eigenvalue weighted by atomic mass is 10.1. The largest absolute Gasteiger partial charge is 0.494 e. The molecule has 0 unspecified atom stereocenters. The lowest BCUT2D eigenvalue weighted by Crippen LogP contribution is -2.46. The Balaban J connectivity index is 2.04. The first-order chi connectivity index (χ1) is 11.5. The minimum atomic E-state index is -0.162. The quantitative estimate of drug-likeness (QED) is 0.449. The Hall–Kier alpha value is -1.79. The first kappa shape index (κ1) is 18.5. The van der Waals surface area contributed by atoms with Gasteiger partial charge in [-0.2, -0.15) is 0 Å². The zero-order valence-corrected chi connectivity index (χ0v) is 15.3. The number of amides is 1. The van der Waals surface area contributed by atoms with E-state index in [2.05, 4.69) is 4.90 Å². The summed E-state index contributed by atoms with van der Waals surface area (Å²) in [4.78, 5) is 29.4. The number of hydrogen-bond acceptors (Lipinski definition) is 5. The summed E-state index contributed by atoms with van der Waals surface area (Å²) in [6.07, 6.45) is 4.67. The zero-order valence-electron chi connectivity index (χ0n) is 14.4. The molecule has 1 amide bonds. The highest BCUT2D eigenvalue weighted by Gasteiger charge is 2.17. The van der Waals surface area contributed by atoms with E-state index in [4.69, 9.17) is 4.74 Å². The van der Waals surface area contributed by atoms with Crippen LogP contribution in [0, 0.1) is 0 Å². The molecule has 0 atom stereocenters. The Kier molecular flexibility index (Phi) is 6.87. The molecule has 1 aromatic carbocycles. The van der Waals surface area contributed by atoms with E-state index in [1.54, 1.807) is 17.0 Å². The van der Waals surface area contributed by atoms with Crippen molar-refractivity contribution in [1.29, 1.82) is 0 Å². The first-order valence-electron chi connectivity index (χ1n) is 8.05. The van der Waals surface area contributed by atoms with Crippen LogP contribution in [0.5, 0.6) is 5.75 Å². The molecule has 1 aromatic rings. The van der Waals surface area contributed by atoms with Gasteiger partial charge in [0, 0.05) is 42.7 Å². The number of piperazine rings is 1. The summed E-state index contributed by atoms with van der Waals surface area (Å²) in [6.45, 7) is 5.64. The molecule has 0 aliphatic carbocycles. The predicted molar refractivity (Wildman–Crippen MR) is 96.9 cm³/mol. The van der Waals surface area contributed by atoms with Crippen LogP contribution in [0.3, 0.4) is 0 Å². The van der Waals surface area contributed by atoms with Gasteiger partial charge in [0.15, 0.2) is 5.78 Å². The molecule has 0 N–H and O–H groups in total. The van der Waals surface area contributed by atoms with E-state index in [9.17, 15) is 9.59 Å². The normalized spacial score (nSPS) is 15.7. The highest BCUT2D eigenvalue weighted by atomic mass is 32.2. The molecule has 1 aliphatic heterocycles. The van der Waals surface area contributed by atoms with Gasteiger partial charge in [-0.1, -0.05) is 0 Å². The van der Waals surface area contributed by atoms with Crippen molar-refractivity contribution in [3.8, 4) is 5.75 Å². The van der Waals surface area contributed by atoms with Crippen LogP contribution in [0.1, 0.15) is 17.3 Å². The lowest BCUT2D eigenvalue weighted by molar-refractivity contribution is -0.127. The molecule has 1 heterocycles. The number of carbonyl (C=O) groups is 2. The van der Waals surface area contributed by atoms with Gasteiger partial charge in [-0.15, -0.1) is 11.8 Å². The van der Waals surface area contributed by atoms with Crippen molar-refractivity contribution in [3.05, 3.63) is 35.9 Å². The maximum absolute atomic E-state index is 12.4. The van der Waals surface area contributed by atoms with Crippen LogP contribution in [0.4, 0.5) is 0 Å². The van der Waals surface area contributed by atoms with Crippen LogP contribution >= 0.6 is 11.8 Å². The van der Waals surface area contributed by atoms with E-state index in [0.717, 1.165) is 23.7 Å². The summed E-state index contributed by atoms with van der Waals surface area (Å²) >= 11 is 1.49. The van der Waals surface area contributed by atoms with Gasteiger partial charge in [-0.3, -0.25) is 9.59 Å². The number of rotatable bonds is 6. The molecule has 1 aliphatic rings. The summed E-state index contributed by atoms with van der Waals surface area (Å²) in [6, 6.07) is 5.40. The van der Waals surface area contributed by atoms with Gasteiger partial charge in [0.05, 0.1) is 6.61 Å². The molecule has 0 spiro atoms. The predicted octanol–water partition coefficient (Wildman–Crippen LogP) is 2.32. The second-order valence-electron chi connectivity index (χ2n) is 5.62. The monoisotopic (exact) mass is 348 g/mol. The molecule has 0 saturated carbocycles. The van der Waals surface area contributed by atoms with E-state index < -0.39 is 0 Å². The highest BCUT2D eigenvalue weighted by Crippen LogP contribution is 2.26. The number of thioether (sulfide) groups is 1. The average molecular weight is 348 g/mol. The van der Waals surface area contributed by atoms with Gasteiger partial charge >= 0.3 is 0 Å². The maximum Gasteiger partial charge on any atom is 0.246 e. The van der Waals surface area contributed by atoms with Crippen molar-refractivity contribution in [2.45, 2.75) is 11.8 Å². The van der Waals surface area contributed by atoms with Crippen LogP contribution in [-0.2, 0) is 4.79 Å². The second kappa shape index (κ2) is 8.89. The Labute approximate surface area is 147 Å². The number of ether oxygens (including phenoxy) is 1. The molecule has 2 rings (SSSR count). The third-order valence-electron chi connectivity index (χ3n) is 3.94. The van der Waals surface area contributed by atoms with E-state index in [1.165, 1.54) is 23.9 Å². The summed E-state index contributed by atoms with van der Waals surface area (Å²) in [5, 5.41) is 0. The number of hydrogen-bond donors (Lipinski definition) is 0. The van der Waals surface area contributed by atoms with E-state index >= 15 is 0 Å². The molecule has 24 heavy (non-hydrogen) atoms. The van der Waals surface area contributed by atoms with E-state index in [0.29, 0.717) is 25.3 Å². The Morgan fingerprint density at radius 1 is 1.21 bits per heavy atom.